The summed E-state index contributed by atoms with van der Waals surface area (Å²) in [5.41, 5.74) is -1.07. The Labute approximate surface area is 174 Å². The molecule has 0 aliphatic carbocycles. The summed E-state index contributed by atoms with van der Waals surface area (Å²) in [6, 6.07) is 3.78. The molecular weight excluding hydrogens is 427 g/mol. The van der Waals surface area contributed by atoms with E-state index in [1.807, 2.05) is 0 Å². The minimum Gasteiger partial charge on any atom is -0.355 e. The van der Waals surface area contributed by atoms with E-state index in [9.17, 15) is 26.7 Å². The number of hydrogen-bond donors (Lipinski definition) is 1. The van der Waals surface area contributed by atoms with Crippen molar-refractivity contribution in [3.05, 3.63) is 41.7 Å². The van der Waals surface area contributed by atoms with Crippen LogP contribution in [0.2, 0.25) is 0 Å². The molecule has 162 valence electrons. The number of pyridine rings is 2. The lowest BCUT2D eigenvalue weighted by Gasteiger charge is -2.38. The van der Waals surface area contributed by atoms with Crippen molar-refractivity contribution in [3.63, 3.8) is 0 Å². The second-order valence-corrected chi connectivity index (χ2v) is 7.82. The predicted molar refractivity (Wildman–Crippen MR) is 104 cm³/mol. The molecule has 0 aromatic carbocycles. The van der Waals surface area contributed by atoms with E-state index in [1.165, 1.54) is 35.8 Å². The van der Waals surface area contributed by atoms with Crippen LogP contribution in [-0.2, 0) is 6.18 Å². The molecule has 1 atom stereocenters. The van der Waals surface area contributed by atoms with Crippen molar-refractivity contribution in [2.75, 3.05) is 29.6 Å². The summed E-state index contributed by atoms with van der Waals surface area (Å²) in [5, 5.41) is 3.16. The standard InChI is InChI=1S/C19H19F5N4OS/c1-11-10-28(6-4-18(11,20)21)16-14(7-12(9-26-16)19(22,23)24)17(29)27-13-3-5-25-15(8-13)30-2/h3,5,7-9,11H,4,6,10H2,1-2H3,(H,25,27,29). The SMILES string of the molecule is CSc1cc(NC(=O)c2cc(C(F)(F)F)cnc2N2CCC(F)(F)C(C)C2)ccn1. The number of rotatable bonds is 4. The first-order valence-corrected chi connectivity index (χ1v) is 10.2. The van der Waals surface area contributed by atoms with Crippen molar-refractivity contribution < 1.29 is 26.7 Å². The Morgan fingerprint density at radius 3 is 2.67 bits per heavy atom. The molecule has 1 amide bonds. The molecule has 0 saturated carbocycles. The molecule has 1 unspecified atom stereocenters. The molecule has 1 aliphatic rings. The van der Waals surface area contributed by atoms with Crippen LogP contribution < -0.4 is 10.2 Å². The van der Waals surface area contributed by atoms with E-state index in [0.717, 1.165) is 0 Å². The van der Waals surface area contributed by atoms with Crippen molar-refractivity contribution in [1.29, 1.82) is 0 Å². The lowest BCUT2D eigenvalue weighted by Crippen LogP contribution is -2.46. The van der Waals surface area contributed by atoms with Gasteiger partial charge in [-0.3, -0.25) is 4.79 Å². The summed E-state index contributed by atoms with van der Waals surface area (Å²) in [6.07, 6.45) is -1.32. The lowest BCUT2D eigenvalue weighted by atomic mass is 9.95. The quantitative estimate of drug-likeness (QED) is 0.532. The number of aromatic nitrogens is 2. The van der Waals surface area contributed by atoms with Gasteiger partial charge in [-0.2, -0.15) is 13.2 Å². The summed E-state index contributed by atoms with van der Waals surface area (Å²) >= 11 is 1.33. The minimum absolute atomic E-state index is 0.0537. The van der Waals surface area contributed by atoms with Gasteiger partial charge in [-0.1, -0.05) is 6.92 Å². The number of nitrogens with one attached hydrogen (secondary N) is 1. The molecule has 30 heavy (non-hydrogen) atoms. The van der Waals surface area contributed by atoms with Gasteiger partial charge in [0, 0.05) is 43.5 Å². The van der Waals surface area contributed by atoms with Gasteiger partial charge in [-0.05, 0) is 24.5 Å². The third-order valence-corrected chi connectivity index (χ3v) is 5.51. The Morgan fingerprint density at radius 2 is 2.03 bits per heavy atom. The Kier molecular flexibility index (Phi) is 6.21. The van der Waals surface area contributed by atoms with Crippen LogP contribution >= 0.6 is 11.8 Å². The number of thioether (sulfide) groups is 1. The predicted octanol–water partition coefficient (Wildman–Crippen LogP) is 4.95. The maximum atomic E-state index is 13.8. The zero-order chi connectivity index (χ0) is 22.1. The molecule has 1 aliphatic heterocycles. The first-order valence-electron chi connectivity index (χ1n) is 9.02. The number of amides is 1. The molecule has 1 N–H and O–H groups in total. The van der Waals surface area contributed by atoms with E-state index in [2.05, 4.69) is 15.3 Å². The van der Waals surface area contributed by atoms with Crippen LogP contribution in [0, 0.1) is 5.92 Å². The smallest absolute Gasteiger partial charge is 0.355 e. The molecule has 1 fully saturated rings. The Morgan fingerprint density at radius 1 is 1.30 bits per heavy atom. The van der Waals surface area contributed by atoms with Gasteiger partial charge in [0.15, 0.2) is 0 Å². The molecule has 2 aromatic rings. The van der Waals surface area contributed by atoms with E-state index in [1.54, 1.807) is 12.3 Å². The van der Waals surface area contributed by atoms with Gasteiger partial charge in [0.05, 0.1) is 16.2 Å². The van der Waals surface area contributed by atoms with Crippen molar-refractivity contribution >= 4 is 29.2 Å². The summed E-state index contributed by atoms with van der Waals surface area (Å²) in [6.45, 7) is 1.11. The van der Waals surface area contributed by atoms with Gasteiger partial charge in [0.1, 0.15) is 5.82 Å². The average molecular weight is 446 g/mol. The topological polar surface area (TPSA) is 58.1 Å². The Hall–Kier alpha value is -2.43. The highest BCUT2D eigenvalue weighted by Gasteiger charge is 2.42. The summed E-state index contributed by atoms with van der Waals surface area (Å²) in [5.74, 6) is -4.78. The van der Waals surface area contributed by atoms with Crippen LogP contribution in [-0.4, -0.2) is 41.1 Å². The monoisotopic (exact) mass is 446 g/mol. The largest absolute Gasteiger partial charge is 0.417 e. The van der Waals surface area contributed by atoms with E-state index in [-0.39, 0.29) is 24.5 Å². The zero-order valence-corrected chi connectivity index (χ0v) is 16.9. The molecule has 3 rings (SSSR count). The third kappa shape index (κ3) is 4.82. The molecule has 2 aromatic heterocycles. The number of halogens is 5. The fraction of sp³-hybridized carbons (Fsp3) is 0.421. The minimum atomic E-state index is -4.70. The molecule has 11 heteroatoms. The van der Waals surface area contributed by atoms with E-state index in [4.69, 9.17) is 0 Å². The zero-order valence-electron chi connectivity index (χ0n) is 16.1. The number of hydrogen-bond acceptors (Lipinski definition) is 5. The van der Waals surface area contributed by atoms with Gasteiger partial charge in [0.2, 0.25) is 0 Å². The molecular formula is C19H19F5N4OS. The number of carbonyl (C=O) groups is 1. The van der Waals surface area contributed by atoms with Gasteiger partial charge in [-0.25, -0.2) is 18.7 Å². The second-order valence-electron chi connectivity index (χ2n) is 6.99. The van der Waals surface area contributed by atoms with Crippen LogP contribution in [0.5, 0.6) is 0 Å². The Balaban J connectivity index is 1.96. The van der Waals surface area contributed by atoms with Gasteiger partial charge in [0.25, 0.3) is 11.8 Å². The molecule has 1 saturated heterocycles. The van der Waals surface area contributed by atoms with E-state index in [0.29, 0.717) is 23.0 Å². The van der Waals surface area contributed by atoms with Crippen LogP contribution in [0.25, 0.3) is 0 Å². The fourth-order valence-electron chi connectivity index (χ4n) is 3.11. The summed E-state index contributed by atoms with van der Waals surface area (Å²) in [7, 11) is 0. The number of piperidine rings is 1. The van der Waals surface area contributed by atoms with Crippen LogP contribution in [0.4, 0.5) is 33.5 Å². The number of nitrogens with zero attached hydrogens (tertiary/aromatic N) is 3. The van der Waals surface area contributed by atoms with E-state index >= 15 is 0 Å². The van der Waals surface area contributed by atoms with Crippen LogP contribution in [0.15, 0.2) is 35.6 Å². The van der Waals surface area contributed by atoms with E-state index < -0.39 is 35.9 Å². The van der Waals surface area contributed by atoms with Crippen LogP contribution in [0.3, 0.4) is 0 Å². The molecule has 0 spiro atoms. The number of anilines is 2. The average Bonchev–Trinajstić information content (AvgIpc) is 2.69. The van der Waals surface area contributed by atoms with Crippen molar-refractivity contribution in [2.45, 2.75) is 30.5 Å². The van der Waals surface area contributed by atoms with Gasteiger partial charge < -0.3 is 10.2 Å². The maximum Gasteiger partial charge on any atom is 0.417 e. The number of carbonyl (C=O) groups excluding carboxylic acids is 1. The molecule has 3 heterocycles. The summed E-state index contributed by atoms with van der Waals surface area (Å²) < 4.78 is 67.3. The highest BCUT2D eigenvalue weighted by atomic mass is 32.2. The third-order valence-electron chi connectivity index (χ3n) is 4.87. The fourth-order valence-corrected chi connectivity index (χ4v) is 3.52. The van der Waals surface area contributed by atoms with Gasteiger partial charge in [-0.15, -0.1) is 11.8 Å². The maximum absolute atomic E-state index is 13.8. The molecule has 0 bridgehead atoms. The lowest BCUT2D eigenvalue weighted by molar-refractivity contribution is -0.137. The highest BCUT2D eigenvalue weighted by Crippen LogP contribution is 2.37. The Bertz CT molecular complexity index is 937. The second kappa shape index (κ2) is 8.37. The molecule has 5 nitrogen and oxygen atoms in total. The highest BCUT2D eigenvalue weighted by molar-refractivity contribution is 7.98. The molecule has 0 radical (unpaired) electrons. The first-order chi connectivity index (χ1) is 14.0. The van der Waals surface area contributed by atoms with Crippen molar-refractivity contribution in [1.82, 2.24) is 9.97 Å². The summed E-state index contributed by atoms with van der Waals surface area (Å²) in [4.78, 5) is 22.2. The van der Waals surface area contributed by atoms with Gasteiger partial charge >= 0.3 is 6.18 Å². The first kappa shape index (κ1) is 22.3. The van der Waals surface area contributed by atoms with Crippen LogP contribution in [0.1, 0.15) is 29.3 Å². The number of alkyl halides is 5. The van der Waals surface area contributed by atoms with Crippen molar-refractivity contribution in [2.24, 2.45) is 5.92 Å². The van der Waals surface area contributed by atoms with Crippen molar-refractivity contribution in [3.8, 4) is 0 Å². The normalized spacial score (nSPS) is 18.9.